The van der Waals surface area contributed by atoms with Crippen molar-refractivity contribution >= 4 is 40.2 Å². The first kappa shape index (κ1) is 27.9. The molecule has 0 aliphatic carbocycles. The normalized spacial score (nSPS) is 16.2. The summed E-state index contributed by atoms with van der Waals surface area (Å²) < 4.78 is 30.8. The molecule has 36 heavy (non-hydrogen) atoms. The van der Waals surface area contributed by atoms with Crippen LogP contribution in [0.5, 0.6) is 11.5 Å². The number of imide groups is 1. The Kier molecular flexibility index (Phi) is 8.16. The predicted octanol–water partition coefficient (Wildman–Crippen LogP) is -1.28. The smallest absolute Gasteiger partial charge is 0.408 e. The number of alkyl carbamates (subject to hydrolysis) is 1. The highest BCUT2D eigenvalue weighted by Crippen LogP contribution is 2.28. The molecule has 1 fully saturated rings. The third-order valence-corrected chi connectivity index (χ3v) is 5.07. The molecule has 17 nitrogen and oxygen atoms in total. The largest absolute Gasteiger partial charge is 0.504 e. The number of carboxylic acid groups (broad SMARTS) is 1. The topological polar surface area (TPSA) is 253 Å². The second kappa shape index (κ2) is 10.5. The van der Waals surface area contributed by atoms with Crippen molar-refractivity contribution in [1.82, 2.24) is 30.5 Å². The summed E-state index contributed by atoms with van der Waals surface area (Å²) in [5.41, 5.74) is 0.710. The van der Waals surface area contributed by atoms with Gasteiger partial charge in [0, 0.05) is 0 Å². The van der Waals surface area contributed by atoms with Gasteiger partial charge in [-0.2, -0.15) is 8.42 Å². The second-order valence-corrected chi connectivity index (χ2v) is 9.70. The first-order valence-corrected chi connectivity index (χ1v) is 11.4. The zero-order chi connectivity index (χ0) is 27.4. The Bertz CT molecular complexity index is 1180. The number of amides is 6. The Morgan fingerprint density at radius 3 is 2.31 bits per heavy atom. The van der Waals surface area contributed by atoms with Crippen molar-refractivity contribution in [2.45, 2.75) is 38.5 Å². The maximum absolute atomic E-state index is 12.7. The highest BCUT2D eigenvalue weighted by Gasteiger charge is 2.43. The molecule has 0 radical (unpaired) electrons. The minimum absolute atomic E-state index is 0.0833. The van der Waals surface area contributed by atoms with Crippen molar-refractivity contribution in [2.24, 2.45) is 0 Å². The Morgan fingerprint density at radius 1 is 1.14 bits per heavy atom. The molecule has 2 atom stereocenters. The molecule has 0 spiro atoms. The van der Waals surface area contributed by atoms with E-state index in [0.717, 1.165) is 18.2 Å². The van der Waals surface area contributed by atoms with Gasteiger partial charge in [0.05, 0.1) is 6.54 Å². The first-order valence-electron chi connectivity index (χ1n) is 9.94. The number of phenols is 2. The van der Waals surface area contributed by atoms with E-state index in [1.807, 2.05) is 5.32 Å². The molecule has 2 rings (SSSR count). The van der Waals surface area contributed by atoms with Crippen LogP contribution in [0.4, 0.5) is 14.4 Å². The van der Waals surface area contributed by atoms with Gasteiger partial charge in [0.15, 0.2) is 11.5 Å². The average molecular weight is 532 g/mol. The Balaban J connectivity index is 2.07. The third-order valence-electron chi connectivity index (χ3n) is 4.26. The number of nitrogens with zero attached hydrogens (tertiary/aromatic N) is 1. The number of hydrogen-bond acceptors (Lipinski definition) is 10. The number of hydrogen-bond donors (Lipinski definition) is 8. The molecule has 0 aromatic heterocycles. The number of carbonyl (C=O) groups excluding carboxylic acids is 4. The molecule has 1 aromatic rings. The maximum atomic E-state index is 12.7. The van der Waals surface area contributed by atoms with Crippen LogP contribution in [-0.2, 0) is 24.5 Å². The third kappa shape index (κ3) is 7.60. The number of nitrogens with one attached hydrogen (secondary N) is 5. The summed E-state index contributed by atoms with van der Waals surface area (Å²) in [5.74, 6) is -3.36. The summed E-state index contributed by atoms with van der Waals surface area (Å²) in [4.78, 5) is 61.1. The van der Waals surface area contributed by atoms with Gasteiger partial charge in [-0.15, -0.1) is 4.83 Å². The van der Waals surface area contributed by atoms with Crippen LogP contribution in [-0.4, -0.2) is 76.9 Å². The SMILES string of the molecule is CC(C)(C)OC(=O)NC(C(=O)NNS(=O)(=O)NC(=O)N1C[C@H](NC(=O)O)C1=O)c1ccc(O)c(O)c1. The van der Waals surface area contributed by atoms with Crippen molar-refractivity contribution in [2.75, 3.05) is 6.54 Å². The number of benzene rings is 1. The zero-order valence-electron chi connectivity index (χ0n) is 19.1. The minimum Gasteiger partial charge on any atom is -0.504 e. The van der Waals surface area contributed by atoms with E-state index in [2.05, 4.69) is 5.32 Å². The van der Waals surface area contributed by atoms with Crippen molar-refractivity contribution in [3.63, 3.8) is 0 Å². The van der Waals surface area contributed by atoms with Crippen molar-refractivity contribution in [3.8, 4) is 11.5 Å². The standard InChI is InChI=1S/C18H24N6O11S/c1-18(2,3)35-17(32)20-12(8-4-5-10(25)11(26)6-8)13(27)21-23-36(33,34)22-15(29)24-7-9(14(24)28)19-16(30)31/h4-6,9,12,19,23,25-26H,7H2,1-3H3,(H,20,32)(H,21,27)(H,22,29)(H,30,31)/t9-,12?/m0/s1. The van der Waals surface area contributed by atoms with Crippen LogP contribution in [0.1, 0.15) is 32.4 Å². The number of β-lactam (4-membered cyclic amide) rings is 1. The summed E-state index contributed by atoms with van der Waals surface area (Å²) >= 11 is 0. The highest BCUT2D eigenvalue weighted by molar-refractivity contribution is 7.88. The van der Waals surface area contributed by atoms with E-state index in [4.69, 9.17) is 9.84 Å². The number of likely N-dealkylation sites (tertiary alicyclic amines) is 1. The van der Waals surface area contributed by atoms with E-state index in [0.29, 0.717) is 4.90 Å². The van der Waals surface area contributed by atoms with Gasteiger partial charge < -0.3 is 30.7 Å². The lowest BCUT2D eigenvalue weighted by molar-refractivity contribution is -0.139. The minimum atomic E-state index is -4.79. The number of ether oxygens (including phenoxy) is 1. The lowest BCUT2D eigenvalue weighted by atomic mass is 10.1. The molecule has 18 heteroatoms. The van der Waals surface area contributed by atoms with E-state index in [1.165, 1.54) is 9.55 Å². The Morgan fingerprint density at radius 2 is 1.78 bits per heavy atom. The predicted molar refractivity (Wildman–Crippen MR) is 117 cm³/mol. The number of phenolic OH excluding ortho intramolecular Hbond substituents is 2. The molecular weight excluding hydrogens is 508 g/mol. The van der Waals surface area contributed by atoms with Crippen LogP contribution in [0.25, 0.3) is 0 Å². The average Bonchev–Trinajstić information content (AvgIpc) is 2.73. The molecule has 198 valence electrons. The molecule has 1 aromatic carbocycles. The van der Waals surface area contributed by atoms with Gasteiger partial charge in [-0.3, -0.25) is 19.9 Å². The molecule has 1 aliphatic heterocycles. The molecule has 0 bridgehead atoms. The van der Waals surface area contributed by atoms with E-state index in [-0.39, 0.29) is 5.56 Å². The summed E-state index contributed by atoms with van der Waals surface area (Å²) in [6.07, 6.45) is -2.59. The lowest BCUT2D eigenvalue weighted by Gasteiger charge is -2.35. The van der Waals surface area contributed by atoms with Gasteiger partial charge >= 0.3 is 28.4 Å². The van der Waals surface area contributed by atoms with Crippen molar-refractivity contribution in [1.29, 1.82) is 0 Å². The van der Waals surface area contributed by atoms with Gasteiger partial charge in [-0.25, -0.2) is 19.1 Å². The second-order valence-electron chi connectivity index (χ2n) is 8.28. The highest BCUT2D eigenvalue weighted by atomic mass is 32.2. The molecule has 8 N–H and O–H groups in total. The summed E-state index contributed by atoms with van der Waals surface area (Å²) in [7, 11) is -4.79. The summed E-state index contributed by atoms with van der Waals surface area (Å²) in [5, 5.41) is 31.8. The molecule has 1 saturated heterocycles. The van der Waals surface area contributed by atoms with Crippen molar-refractivity contribution < 1.29 is 52.4 Å². The van der Waals surface area contributed by atoms with Gasteiger partial charge in [0.1, 0.15) is 17.7 Å². The number of aromatic hydroxyl groups is 2. The Labute approximate surface area is 203 Å². The van der Waals surface area contributed by atoms with Crippen molar-refractivity contribution in [3.05, 3.63) is 23.8 Å². The number of carbonyl (C=O) groups is 5. The van der Waals surface area contributed by atoms with Crippen LogP contribution in [0.15, 0.2) is 18.2 Å². The maximum Gasteiger partial charge on any atom is 0.408 e. The lowest BCUT2D eigenvalue weighted by Crippen LogP contribution is -2.68. The van der Waals surface area contributed by atoms with Gasteiger partial charge in [0.25, 0.3) is 11.8 Å². The van der Waals surface area contributed by atoms with Crippen LogP contribution in [0, 0.1) is 0 Å². The van der Waals surface area contributed by atoms with Crippen LogP contribution in [0.3, 0.4) is 0 Å². The molecular formula is C18H24N6O11S. The fourth-order valence-corrected chi connectivity index (χ4v) is 3.32. The molecule has 0 saturated carbocycles. The monoisotopic (exact) mass is 532 g/mol. The molecule has 1 heterocycles. The number of hydrazine groups is 1. The fourth-order valence-electron chi connectivity index (χ4n) is 2.70. The Hall–Kier alpha value is -4.32. The van der Waals surface area contributed by atoms with E-state index in [9.17, 15) is 42.6 Å². The number of rotatable bonds is 7. The van der Waals surface area contributed by atoms with Gasteiger partial charge in [-0.05, 0) is 38.5 Å². The molecule has 6 amide bonds. The molecule has 1 unspecified atom stereocenters. The molecule has 1 aliphatic rings. The zero-order valence-corrected chi connectivity index (χ0v) is 19.9. The van der Waals surface area contributed by atoms with E-state index < -0.39 is 76.0 Å². The summed E-state index contributed by atoms with van der Waals surface area (Å²) in [6.45, 7) is 4.22. The van der Waals surface area contributed by atoms with E-state index >= 15 is 0 Å². The van der Waals surface area contributed by atoms with E-state index in [1.54, 1.807) is 26.2 Å². The number of urea groups is 1. The van der Waals surface area contributed by atoms with Crippen LogP contribution in [0.2, 0.25) is 0 Å². The van der Waals surface area contributed by atoms with Gasteiger partial charge in [0.2, 0.25) is 0 Å². The van der Waals surface area contributed by atoms with Gasteiger partial charge in [-0.1, -0.05) is 6.07 Å². The first-order chi connectivity index (χ1) is 16.5. The van der Waals surface area contributed by atoms with Crippen LogP contribution >= 0.6 is 0 Å². The quantitative estimate of drug-likeness (QED) is 0.116. The fraction of sp³-hybridized carbons (Fsp3) is 0.389. The van der Waals surface area contributed by atoms with Crippen LogP contribution < -0.4 is 25.6 Å². The summed E-state index contributed by atoms with van der Waals surface area (Å²) in [6, 6.07) is -1.18.